The summed E-state index contributed by atoms with van der Waals surface area (Å²) in [5.74, 6) is 0. The standard InChI is InChI=1S/C19H28N4O2/c1-14(2)25-18(24)21-10-15-6-8-17(9-7-15)20-11-16-12-22-23(13-16)19(3,4)5/h6-9,12-14,20H,10-11H2,1-5H3,(H,21,24). The van der Waals surface area contributed by atoms with Crippen molar-refractivity contribution < 1.29 is 9.53 Å². The Morgan fingerprint density at radius 3 is 2.40 bits per heavy atom. The van der Waals surface area contributed by atoms with Crippen LogP contribution in [0.1, 0.15) is 45.7 Å². The summed E-state index contributed by atoms with van der Waals surface area (Å²) in [5.41, 5.74) is 3.17. The molecule has 0 saturated carbocycles. The lowest BCUT2D eigenvalue weighted by atomic mass is 10.1. The highest BCUT2D eigenvalue weighted by Crippen LogP contribution is 2.15. The molecule has 6 nitrogen and oxygen atoms in total. The minimum atomic E-state index is -0.395. The Hall–Kier alpha value is -2.50. The van der Waals surface area contributed by atoms with Crippen molar-refractivity contribution >= 4 is 11.8 Å². The molecule has 0 saturated heterocycles. The molecule has 0 aliphatic heterocycles. The molecule has 0 aliphatic rings. The Kier molecular flexibility index (Phi) is 6.07. The summed E-state index contributed by atoms with van der Waals surface area (Å²) in [5, 5.41) is 10.5. The van der Waals surface area contributed by atoms with Gasteiger partial charge in [-0.3, -0.25) is 4.68 Å². The Morgan fingerprint density at radius 2 is 1.84 bits per heavy atom. The Labute approximate surface area is 149 Å². The zero-order valence-corrected chi connectivity index (χ0v) is 15.7. The predicted molar refractivity (Wildman–Crippen MR) is 99.4 cm³/mol. The average molecular weight is 344 g/mol. The van der Waals surface area contributed by atoms with Gasteiger partial charge in [0.15, 0.2) is 0 Å². The van der Waals surface area contributed by atoms with Crippen molar-refractivity contribution in [3.63, 3.8) is 0 Å². The minimum Gasteiger partial charge on any atom is -0.447 e. The smallest absolute Gasteiger partial charge is 0.407 e. The Balaban J connectivity index is 1.82. The van der Waals surface area contributed by atoms with Crippen LogP contribution in [0.2, 0.25) is 0 Å². The van der Waals surface area contributed by atoms with E-state index in [1.807, 2.05) is 49.0 Å². The van der Waals surface area contributed by atoms with E-state index in [0.717, 1.165) is 16.8 Å². The van der Waals surface area contributed by atoms with Crippen LogP contribution < -0.4 is 10.6 Å². The highest BCUT2D eigenvalue weighted by atomic mass is 16.6. The molecule has 1 aromatic heterocycles. The first kappa shape index (κ1) is 18.8. The molecule has 0 spiro atoms. The van der Waals surface area contributed by atoms with Crippen LogP contribution in [0.5, 0.6) is 0 Å². The topological polar surface area (TPSA) is 68.2 Å². The largest absolute Gasteiger partial charge is 0.447 e. The van der Waals surface area contributed by atoms with Crippen molar-refractivity contribution in [3.8, 4) is 0 Å². The lowest BCUT2D eigenvalue weighted by molar-refractivity contribution is 0.115. The van der Waals surface area contributed by atoms with Crippen LogP contribution in [0.15, 0.2) is 36.7 Å². The van der Waals surface area contributed by atoms with Crippen molar-refractivity contribution in [2.24, 2.45) is 0 Å². The number of benzene rings is 1. The number of alkyl carbamates (subject to hydrolysis) is 1. The van der Waals surface area contributed by atoms with Crippen LogP contribution in [0.25, 0.3) is 0 Å². The van der Waals surface area contributed by atoms with E-state index in [1.54, 1.807) is 0 Å². The number of hydrogen-bond acceptors (Lipinski definition) is 4. The quantitative estimate of drug-likeness (QED) is 0.834. The molecule has 0 bridgehead atoms. The molecule has 1 heterocycles. The fraction of sp³-hybridized carbons (Fsp3) is 0.474. The third-order valence-corrected chi connectivity index (χ3v) is 3.55. The van der Waals surface area contributed by atoms with Crippen molar-refractivity contribution in [2.45, 2.75) is 59.4 Å². The van der Waals surface area contributed by atoms with Gasteiger partial charge in [-0.05, 0) is 52.3 Å². The van der Waals surface area contributed by atoms with Crippen LogP contribution in [-0.4, -0.2) is 22.0 Å². The number of nitrogens with one attached hydrogen (secondary N) is 2. The van der Waals surface area contributed by atoms with Crippen LogP contribution in [0.3, 0.4) is 0 Å². The monoisotopic (exact) mass is 344 g/mol. The first-order chi connectivity index (χ1) is 11.7. The van der Waals surface area contributed by atoms with E-state index in [9.17, 15) is 4.79 Å². The van der Waals surface area contributed by atoms with Crippen LogP contribution >= 0.6 is 0 Å². The second-order valence-electron chi connectivity index (χ2n) is 7.32. The van der Waals surface area contributed by atoms with E-state index >= 15 is 0 Å². The van der Waals surface area contributed by atoms with Gasteiger partial charge in [-0.1, -0.05) is 12.1 Å². The Bertz CT molecular complexity index is 684. The van der Waals surface area contributed by atoms with Gasteiger partial charge >= 0.3 is 6.09 Å². The molecule has 6 heteroatoms. The van der Waals surface area contributed by atoms with E-state index in [-0.39, 0.29) is 11.6 Å². The first-order valence-corrected chi connectivity index (χ1v) is 8.55. The second kappa shape index (κ2) is 8.05. The number of carbonyl (C=O) groups is 1. The summed E-state index contributed by atoms with van der Waals surface area (Å²) in [6.45, 7) is 11.2. The van der Waals surface area contributed by atoms with Crippen LogP contribution in [0, 0.1) is 0 Å². The van der Waals surface area contributed by atoms with Gasteiger partial charge in [0, 0.05) is 30.5 Å². The molecule has 0 fully saturated rings. The van der Waals surface area contributed by atoms with Crippen molar-refractivity contribution in [3.05, 3.63) is 47.8 Å². The predicted octanol–water partition coefficient (Wildman–Crippen LogP) is 3.88. The molecule has 25 heavy (non-hydrogen) atoms. The molecule has 0 unspecified atom stereocenters. The van der Waals surface area contributed by atoms with Gasteiger partial charge < -0.3 is 15.4 Å². The van der Waals surface area contributed by atoms with Gasteiger partial charge in [-0.25, -0.2) is 4.79 Å². The molecule has 1 aromatic carbocycles. The molecule has 1 amide bonds. The summed E-state index contributed by atoms with van der Waals surface area (Å²) < 4.78 is 7.01. The molecule has 2 N–H and O–H groups in total. The lowest BCUT2D eigenvalue weighted by Crippen LogP contribution is -2.26. The van der Waals surface area contributed by atoms with Crippen molar-refractivity contribution in [2.75, 3.05) is 5.32 Å². The average Bonchev–Trinajstić information content (AvgIpc) is 3.00. The number of ether oxygens (including phenoxy) is 1. The molecule has 0 aliphatic carbocycles. The summed E-state index contributed by atoms with van der Waals surface area (Å²) in [6, 6.07) is 7.96. The minimum absolute atomic E-state index is 0.0103. The molecular formula is C19H28N4O2. The Morgan fingerprint density at radius 1 is 1.16 bits per heavy atom. The van der Waals surface area contributed by atoms with E-state index in [4.69, 9.17) is 4.74 Å². The zero-order valence-electron chi connectivity index (χ0n) is 15.7. The number of anilines is 1. The van der Waals surface area contributed by atoms with Crippen molar-refractivity contribution in [1.29, 1.82) is 0 Å². The number of hydrogen-bond donors (Lipinski definition) is 2. The summed E-state index contributed by atoms with van der Waals surface area (Å²) in [4.78, 5) is 11.5. The fourth-order valence-electron chi connectivity index (χ4n) is 2.19. The highest BCUT2D eigenvalue weighted by Gasteiger charge is 2.13. The SMILES string of the molecule is CC(C)OC(=O)NCc1ccc(NCc2cnn(C(C)(C)C)c2)cc1. The number of rotatable bonds is 6. The maximum atomic E-state index is 11.5. The number of nitrogens with zero attached hydrogens (tertiary/aromatic N) is 2. The van der Waals surface area contributed by atoms with Gasteiger partial charge in [0.25, 0.3) is 0 Å². The number of amides is 1. The molecule has 0 radical (unpaired) electrons. The van der Waals surface area contributed by atoms with E-state index in [1.165, 1.54) is 0 Å². The maximum absolute atomic E-state index is 11.5. The van der Waals surface area contributed by atoms with E-state index < -0.39 is 6.09 Å². The van der Waals surface area contributed by atoms with E-state index in [0.29, 0.717) is 13.1 Å². The van der Waals surface area contributed by atoms with Gasteiger partial charge in [-0.15, -0.1) is 0 Å². The van der Waals surface area contributed by atoms with Crippen LogP contribution in [-0.2, 0) is 23.4 Å². The van der Waals surface area contributed by atoms with Gasteiger partial charge in [0.2, 0.25) is 0 Å². The first-order valence-electron chi connectivity index (χ1n) is 8.55. The highest BCUT2D eigenvalue weighted by molar-refractivity contribution is 5.67. The third kappa shape index (κ3) is 6.14. The summed E-state index contributed by atoms with van der Waals surface area (Å²) in [7, 11) is 0. The van der Waals surface area contributed by atoms with Crippen LogP contribution in [0.4, 0.5) is 10.5 Å². The lowest BCUT2D eigenvalue weighted by Gasteiger charge is -2.18. The van der Waals surface area contributed by atoms with Gasteiger partial charge in [-0.2, -0.15) is 5.10 Å². The molecule has 2 aromatic rings. The normalized spacial score (nSPS) is 11.4. The third-order valence-electron chi connectivity index (χ3n) is 3.55. The van der Waals surface area contributed by atoms with Crippen molar-refractivity contribution in [1.82, 2.24) is 15.1 Å². The zero-order chi connectivity index (χ0) is 18.4. The fourth-order valence-corrected chi connectivity index (χ4v) is 2.19. The molecule has 0 atom stereocenters. The van der Waals surface area contributed by atoms with Gasteiger partial charge in [0.05, 0.1) is 17.8 Å². The summed E-state index contributed by atoms with van der Waals surface area (Å²) >= 11 is 0. The molecule has 136 valence electrons. The van der Waals surface area contributed by atoms with E-state index in [2.05, 4.69) is 42.7 Å². The molecular weight excluding hydrogens is 316 g/mol. The number of carbonyl (C=O) groups excluding carboxylic acids is 1. The maximum Gasteiger partial charge on any atom is 0.407 e. The number of aromatic nitrogens is 2. The van der Waals surface area contributed by atoms with Gasteiger partial charge in [0.1, 0.15) is 0 Å². The molecule has 2 rings (SSSR count). The summed E-state index contributed by atoms with van der Waals surface area (Å²) in [6.07, 6.45) is 3.44. The second-order valence-corrected chi connectivity index (χ2v) is 7.32.